The fraction of sp³-hybridized carbons (Fsp3) is 0.533. The Morgan fingerprint density at radius 3 is 2.61 bits per heavy atom. The van der Waals surface area contributed by atoms with Crippen molar-refractivity contribution in [2.75, 3.05) is 5.32 Å². The third kappa shape index (κ3) is 4.45. The van der Waals surface area contributed by atoms with Crippen LogP contribution in [0.25, 0.3) is 0 Å². The lowest BCUT2D eigenvalue weighted by Crippen LogP contribution is -2.21. The third-order valence-electron chi connectivity index (χ3n) is 3.09. The van der Waals surface area contributed by atoms with Gasteiger partial charge < -0.3 is 5.32 Å². The van der Waals surface area contributed by atoms with E-state index in [1.54, 1.807) is 0 Å². The monoisotopic (exact) mass is 311 g/mol. The predicted molar refractivity (Wildman–Crippen MR) is 81.1 cm³/mol. The second kappa shape index (κ2) is 7.57. The summed E-state index contributed by atoms with van der Waals surface area (Å²) in [6.45, 7) is 6.20. The van der Waals surface area contributed by atoms with E-state index >= 15 is 0 Å². The number of amides is 1. The van der Waals surface area contributed by atoms with Gasteiger partial charge in [-0.25, -0.2) is 0 Å². The predicted octanol–water partition coefficient (Wildman–Crippen LogP) is 4.91. The number of carbonyl (C=O) groups excluding carboxylic acids is 1. The van der Waals surface area contributed by atoms with E-state index in [0.717, 1.165) is 30.5 Å². The highest BCUT2D eigenvalue weighted by molar-refractivity contribution is 9.09. The molecule has 1 N–H and O–H groups in total. The molecule has 1 aromatic carbocycles. The van der Waals surface area contributed by atoms with Crippen LogP contribution >= 0.6 is 15.9 Å². The number of rotatable bonds is 6. The first-order chi connectivity index (χ1) is 8.56. The van der Waals surface area contributed by atoms with Crippen molar-refractivity contribution >= 4 is 27.5 Å². The van der Waals surface area contributed by atoms with Crippen molar-refractivity contribution < 1.29 is 4.79 Å². The molecule has 2 atom stereocenters. The van der Waals surface area contributed by atoms with Gasteiger partial charge in [0.15, 0.2) is 0 Å². The van der Waals surface area contributed by atoms with Gasteiger partial charge in [0.2, 0.25) is 5.91 Å². The second-order valence-corrected chi connectivity index (χ2v) is 6.11. The highest BCUT2D eigenvalue weighted by atomic mass is 79.9. The van der Waals surface area contributed by atoms with Gasteiger partial charge in [-0.2, -0.15) is 0 Å². The van der Waals surface area contributed by atoms with Crippen LogP contribution in [0.2, 0.25) is 0 Å². The number of hydrogen-bond donors (Lipinski definition) is 1. The molecule has 0 aliphatic heterocycles. The second-order valence-electron chi connectivity index (χ2n) is 4.74. The van der Waals surface area contributed by atoms with E-state index in [0.29, 0.717) is 0 Å². The van der Waals surface area contributed by atoms with Gasteiger partial charge in [0, 0.05) is 16.4 Å². The molecule has 1 rings (SSSR count). The quantitative estimate of drug-likeness (QED) is 0.743. The van der Waals surface area contributed by atoms with E-state index in [9.17, 15) is 4.79 Å². The van der Waals surface area contributed by atoms with E-state index in [4.69, 9.17) is 0 Å². The molecule has 18 heavy (non-hydrogen) atoms. The largest absolute Gasteiger partial charge is 0.326 e. The van der Waals surface area contributed by atoms with Gasteiger partial charge in [0.25, 0.3) is 0 Å². The number of alkyl halides is 1. The molecule has 100 valence electrons. The van der Waals surface area contributed by atoms with Gasteiger partial charge >= 0.3 is 0 Å². The molecule has 0 aliphatic rings. The highest BCUT2D eigenvalue weighted by Crippen LogP contribution is 2.29. The van der Waals surface area contributed by atoms with E-state index in [1.807, 2.05) is 31.2 Å². The molecule has 1 amide bonds. The molecule has 2 unspecified atom stereocenters. The summed E-state index contributed by atoms with van der Waals surface area (Å²) in [5.41, 5.74) is 2.03. The fourth-order valence-electron chi connectivity index (χ4n) is 1.86. The van der Waals surface area contributed by atoms with Crippen molar-refractivity contribution in [3.63, 3.8) is 0 Å². The van der Waals surface area contributed by atoms with Crippen LogP contribution in [0.4, 0.5) is 5.69 Å². The number of unbranched alkanes of at least 4 members (excludes halogenated alkanes) is 1. The summed E-state index contributed by atoms with van der Waals surface area (Å²) in [5, 5.41) is 3.03. The Morgan fingerprint density at radius 2 is 2.00 bits per heavy atom. The smallest absolute Gasteiger partial charge is 0.227 e. The fourth-order valence-corrected chi connectivity index (χ4v) is 2.25. The summed E-state index contributed by atoms with van der Waals surface area (Å²) in [6.07, 6.45) is 3.19. The Kier molecular flexibility index (Phi) is 6.41. The molecule has 0 spiro atoms. The van der Waals surface area contributed by atoms with Crippen molar-refractivity contribution in [2.45, 2.75) is 44.9 Å². The zero-order valence-corrected chi connectivity index (χ0v) is 13.0. The van der Waals surface area contributed by atoms with Crippen LogP contribution in [0.5, 0.6) is 0 Å². The standard InChI is InChI=1S/C15H22BrNO/c1-4-5-8-11(2)15(18)17-14-10-7-6-9-13(14)12(3)16/h6-7,9-12H,4-5,8H2,1-3H3,(H,17,18). The van der Waals surface area contributed by atoms with Crippen LogP contribution in [-0.4, -0.2) is 5.91 Å². The molecule has 0 heterocycles. The van der Waals surface area contributed by atoms with Crippen LogP contribution in [0.3, 0.4) is 0 Å². The molecular formula is C15H22BrNO. The maximum absolute atomic E-state index is 12.1. The first kappa shape index (κ1) is 15.2. The number of carbonyl (C=O) groups is 1. The number of benzene rings is 1. The summed E-state index contributed by atoms with van der Waals surface area (Å²) in [4.78, 5) is 12.3. The summed E-state index contributed by atoms with van der Waals surface area (Å²) in [5.74, 6) is 0.188. The lowest BCUT2D eigenvalue weighted by Gasteiger charge is -2.15. The van der Waals surface area contributed by atoms with Gasteiger partial charge in [0.1, 0.15) is 0 Å². The Morgan fingerprint density at radius 1 is 1.33 bits per heavy atom. The molecule has 0 fully saturated rings. The highest BCUT2D eigenvalue weighted by Gasteiger charge is 2.15. The maximum atomic E-state index is 12.1. The Labute approximate surface area is 118 Å². The number of halogens is 1. The van der Waals surface area contributed by atoms with Crippen molar-refractivity contribution in [3.8, 4) is 0 Å². The lowest BCUT2D eigenvalue weighted by atomic mass is 10.0. The Bertz CT molecular complexity index is 390. The Balaban J connectivity index is 2.69. The van der Waals surface area contributed by atoms with Crippen LogP contribution in [0, 0.1) is 5.92 Å². The molecular weight excluding hydrogens is 290 g/mol. The van der Waals surface area contributed by atoms with Crippen LogP contribution in [0.15, 0.2) is 24.3 Å². The molecule has 0 aromatic heterocycles. The van der Waals surface area contributed by atoms with Gasteiger partial charge in [-0.05, 0) is 25.0 Å². The van der Waals surface area contributed by atoms with Crippen LogP contribution < -0.4 is 5.32 Å². The maximum Gasteiger partial charge on any atom is 0.227 e. The molecule has 2 nitrogen and oxygen atoms in total. The summed E-state index contributed by atoms with van der Waals surface area (Å²) in [6, 6.07) is 7.93. The molecule has 0 saturated heterocycles. The summed E-state index contributed by atoms with van der Waals surface area (Å²) in [7, 11) is 0. The average Bonchev–Trinajstić information content (AvgIpc) is 2.36. The molecule has 0 radical (unpaired) electrons. The Hall–Kier alpha value is -0.830. The molecule has 0 saturated carbocycles. The molecule has 0 bridgehead atoms. The number of anilines is 1. The van der Waals surface area contributed by atoms with Crippen molar-refractivity contribution in [2.24, 2.45) is 5.92 Å². The van der Waals surface area contributed by atoms with Crippen molar-refractivity contribution in [1.82, 2.24) is 0 Å². The lowest BCUT2D eigenvalue weighted by molar-refractivity contribution is -0.119. The number of hydrogen-bond acceptors (Lipinski definition) is 1. The van der Waals surface area contributed by atoms with Crippen LogP contribution in [-0.2, 0) is 4.79 Å². The normalized spacial score (nSPS) is 14.0. The van der Waals surface area contributed by atoms with E-state index in [2.05, 4.69) is 35.1 Å². The third-order valence-corrected chi connectivity index (χ3v) is 3.58. The van der Waals surface area contributed by atoms with Gasteiger partial charge in [-0.15, -0.1) is 0 Å². The number of nitrogens with one attached hydrogen (secondary N) is 1. The topological polar surface area (TPSA) is 29.1 Å². The minimum atomic E-state index is 0.0728. The first-order valence-corrected chi connectivity index (χ1v) is 7.51. The summed E-state index contributed by atoms with van der Waals surface area (Å²) >= 11 is 3.55. The van der Waals surface area contributed by atoms with E-state index < -0.39 is 0 Å². The SMILES string of the molecule is CCCCC(C)C(=O)Nc1ccccc1C(C)Br. The van der Waals surface area contributed by atoms with Gasteiger partial charge in [-0.1, -0.05) is 60.8 Å². The zero-order chi connectivity index (χ0) is 13.5. The first-order valence-electron chi connectivity index (χ1n) is 6.60. The van der Waals surface area contributed by atoms with Crippen LogP contribution in [0.1, 0.15) is 50.4 Å². The van der Waals surface area contributed by atoms with Gasteiger partial charge in [-0.3, -0.25) is 4.79 Å². The average molecular weight is 312 g/mol. The minimum absolute atomic E-state index is 0.0728. The molecule has 3 heteroatoms. The van der Waals surface area contributed by atoms with Crippen molar-refractivity contribution in [3.05, 3.63) is 29.8 Å². The zero-order valence-electron chi connectivity index (χ0n) is 11.4. The van der Waals surface area contributed by atoms with E-state index in [-0.39, 0.29) is 16.7 Å². The van der Waals surface area contributed by atoms with Crippen molar-refractivity contribution in [1.29, 1.82) is 0 Å². The number of para-hydroxylation sites is 1. The molecule has 1 aromatic rings. The van der Waals surface area contributed by atoms with Gasteiger partial charge in [0.05, 0.1) is 0 Å². The summed E-state index contributed by atoms with van der Waals surface area (Å²) < 4.78 is 0. The van der Waals surface area contributed by atoms with E-state index in [1.165, 1.54) is 0 Å². The minimum Gasteiger partial charge on any atom is -0.326 e. The molecule has 0 aliphatic carbocycles.